The summed E-state index contributed by atoms with van der Waals surface area (Å²) in [5.41, 5.74) is 0. The van der Waals surface area contributed by atoms with Crippen LogP contribution in [0.15, 0.2) is 36.5 Å². The summed E-state index contributed by atoms with van der Waals surface area (Å²) in [6, 6.07) is 0. The lowest BCUT2D eigenvalue weighted by Gasteiger charge is -2.28. The minimum Gasteiger partial charge on any atom is -0.756 e. The molecule has 2 atom stereocenters. The van der Waals surface area contributed by atoms with Crippen LogP contribution in [0.25, 0.3) is 0 Å². The Morgan fingerprint density at radius 3 is 0.769 bits per heavy atom. The van der Waals surface area contributed by atoms with Crippen LogP contribution in [0.1, 0.15) is 502 Å². The SMILES string of the molecule is CCCCCCC/C=C\C/C=C\C/C=C\CCCCCCCCCCCCCCCCCCCCCCCCCCCCC(=O)OC(COC(=O)CCCCCCCCCCCCCCCCCCCCCCCCCCCCCCCCCCCCCCCCC)COP(=O)([O-])OCC[N+](C)(C)C. The molecule has 0 fully saturated rings. The molecule has 0 saturated heterocycles. The third-order valence-electron chi connectivity index (χ3n) is 21.7. The Bertz CT molecular complexity index is 1850. The summed E-state index contributed by atoms with van der Waals surface area (Å²) in [6.07, 6.45) is 113. The number of carbonyl (C=O) groups is 2. The van der Waals surface area contributed by atoms with Gasteiger partial charge in [0.05, 0.1) is 27.7 Å². The van der Waals surface area contributed by atoms with Crippen LogP contribution in [0, 0.1) is 0 Å². The molecule has 10 heteroatoms. The third kappa shape index (κ3) is 89.1. The Morgan fingerprint density at radius 1 is 0.298 bits per heavy atom. The fourth-order valence-corrected chi connectivity index (χ4v) is 15.3. The topological polar surface area (TPSA) is 111 Å². The number of phosphoric acid groups is 1. The van der Waals surface area contributed by atoms with E-state index in [0.29, 0.717) is 17.4 Å². The van der Waals surface area contributed by atoms with Gasteiger partial charge in [0.2, 0.25) is 0 Å². The zero-order valence-corrected chi connectivity index (χ0v) is 71.7. The van der Waals surface area contributed by atoms with E-state index in [0.717, 1.165) is 44.9 Å². The summed E-state index contributed by atoms with van der Waals surface area (Å²) in [5.74, 6) is -0.802. The van der Waals surface area contributed by atoms with E-state index in [1.54, 1.807) is 0 Å². The first-order chi connectivity index (χ1) is 51.0. The summed E-state index contributed by atoms with van der Waals surface area (Å²) in [4.78, 5) is 38.3. The number of quaternary nitrogens is 1. The molecule has 2 unspecified atom stereocenters. The Morgan fingerprint density at radius 2 is 0.519 bits per heavy atom. The van der Waals surface area contributed by atoms with Gasteiger partial charge in [-0.15, -0.1) is 0 Å². The van der Waals surface area contributed by atoms with Gasteiger partial charge in [0.15, 0.2) is 6.10 Å². The molecule has 0 aliphatic rings. The van der Waals surface area contributed by atoms with Crippen LogP contribution in [0.2, 0.25) is 0 Å². The van der Waals surface area contributed by atoms with E-state index in [2.05, 4.69) is 50.3 Å². The molecule has 0 radical (unpaired) electrons. The second-order valence-electron chi connectivity index (χ2n) is 33.4. The Labute approximate surface area is 650 Å². The molecule has 0 aromatic rings. The number of nitrogens with zero attached hydrogens (tertiary/aromatic N) is 1. The zero-order chi connectivity index (χ0) is 75.4. The van der Waals surface area contributed by atoms with Crippen LogP contribution in [-0.4, -0.2) is 70.0 Å². The van der Waals surface area contributed by atoms with E-state index in [-0.39, 0.29) is 32.0 Å². The van der Waals surface area contributed by atoms with Gasteiger partial charge in [0.25, 0.3) is 7.82 Å². The predicted molar refractivity (Wildman–Crippen MR) is 453 cm³/mol. The maximum absolute atomic E-state index is 12.9. The van der Waals surface area contributed by atoms with Crippen molar-refractivity contribution in [2.45, 2.75) is 508 Å². The van der Waals surface area contributed by atoms with Crippen molar-refractivity contribution in [2.75, 3.05) is 47.5 Å². The van der Waals surface area contributed by atoms with Crippen LogP contribution in [0.3, 0.4) is 0 Å². The van der Waals surface area contributed by atoms with Gasteiger partial charge in [0, 0.05) is 12.8 Å². The molecule has 0 saturated carbocycles. The van der Waals surface area contributed by atoms with Gasteiger partial charge < -0.3 is 27.9 Å². The lowest BCUT2D eigenvalue weighted by atomic mass is 10.0. The molecule has 0 aliphatic carbocycles. The minimum absolute atomic E-state index is 0.0263. The maximum atomic E-state index is 12.9. The average Bonchev–Trinajstić information content (AvgIpc) is 0.920. The number of carbonyl (C=O) groups excluding carboxylic acids is 2. The zero-order valence-electron chi connectivity index (χ0n) is 70.8. The Hall–Kier alpha value is -1.77. The second kappa shape index (κ2) is 85.2. The third-order valence-corrected chi connectivity index (χ3v) is 22.6. The number of allylic oxidation sites excluding steroid dienone is 6. The van der Waals surface area contributed by atoms with Crippen molar-refractivity contribution in [3.63, 3.8) is 0 Å². The molecule has 0 heterocycles. The van der Waals surface area contributed by atoms with E-state index < -0.39 is 26.5 Å². The molecule has 0 N–H and O–H groups in total. The summed E-state index contributed by atoms with van der Waals surface area (Å²) in [5, 5.41) is 0. The highest BCUT2D eigenvalue weighted by Gasteiger charge is 2.22. The molecule has 0 amide bonds. The molecule has 0 bridgehead atoms. The number of ether oxygens (including phenoxy) is 2. The largest absolute Gasteiger partial charge is 0.756 e. The fourth-order valence-electron chi connectivity index (χ4n) is 14.6. The van der Waals surface area contributed by atoms with Gasteiger partial charge in [-0.1, -0.05) is 474 Å². The number of esters is 2. The molecule has 0 spiro atoms. The quantitative estimate of drug-likeness (QED) is 0.0195. The van der Waals surface area contributed by atoms with Crippen LogP contribution >= 0.6 is 7.82 Å². The van der Waals surface area contributed by atoms with E-state index in [9.17, 15) is 19.0 Å². The summed E-state index contributed by atoms with van der Waals surface area (Å²) in [6.45, 7) is 4.33. The number of hydrogen-bond acceptors (Lipinski definition) is 8. The Kier molecular flexibility index (Phi) is 83.8. The number of unbranched alkanes of at least 4 members (excludes halogenated alkanes) is 69. The fraction of sp³-hybridized carbons (Fsp3) is 0.915. The standard InChI is InChI=1S/C94H182NO8P/c1-6-8-10-12-14-16-18-20-22-24-26-28-30-32-34-36-38-40-42-44-46-47-49-51-53-55-57-59-61-63-65-67-69-71-73-75-77-79-81-83-85-87-94(97)103-92(91-102-104(98,99)101-89-88-95(3,4)5)90-100-93(96)86-84-82-80-78-76-74-72-70-68-66-64-62-60-58-56-54-52-50-48-45-43-41-39-37-35-33-31-29-27-25-23-21-19-17-15-13-11-9-7-2/h18,20,24,26,30,32,92H,6-17,19,21-23,25,27-29,31,33-91H2,1-5H3/b20-18-,26-24-,32-30-. The van der Waals surface area contributed by atoms with Crippen LogP contribution in [0.5, 0.6) is 0 Å². The molecule has 9 nitrogen and oxygen atoms in total. The van der Waals surface area contributed by atoms with Gasteiger partial charge >= 0.3 is 11.9 Å². The molecular weight excluding hydrogens is 1300 g/mol. The predicted octanol–water partition coefficient (Wildman–Crippen LogP) is 31.0. The van der Waals surface area contributed by atoms with E-state index >= 15 is 0 Å². The summed E-state index contributed by atoms with van der Waals surface area (Å²) < 4.78 is 34.5. The van der Waals surface area contributed by atoms with Crippen LogP contribution in [-0.2, 0) is 32.7 Å². The van der Waals surface area contributed by atoms with Gasteiger partial charge in [-0.25, -0.2) is 0 Å². The first kappa shape index (κ1) is 102. The maximum Gasteiger partial charge on any atom is 0.306 e. The highest BCUT2D eigenvalue weighted by molar-refractivity contribution is 7.45. The van der Waals surface area contributed by atoms with E-state index in [4.69, 9.17) is 18.5 Å². The van der Waals surface area contributed by atoms with Crippen molar-refractivity contribution in [1.82, 2.24) is 0 Å². The number of likely N-dealkylation sites (N-methyl/N-ethyl adjacent to an activating group) is 1. The van der Waals surface area contributed by atoms with Crippen molar-refractivity contribution >= 4 is 19.8 Å². The van der Waals surface area contributed by atoms with Gasteiger partial charge in [-0.05, 0) is 51.4 Å². The molecule has 0 aliphatic heterocycles. The van der Waals surface area contributed by atoms with Crippen LogP contribution in [0.4, 0.5) is 0 Å². The second-order valence-corrected chi connectivity index (χ2v) is 34.8. The normalized spacial score (nSPS) is 13.0. The van der Waals surface area contributed by atoms with Gasteiger partial charge in [0.1, 0.15) is 19.8 Å². The molecular formula is C94H182NO8P. The Balaban J connectivity index is 3.81. The minimum atomic E-state index is -4.65. The van der Waals surface area contributed by atoms with E-state index in [1.807, 2.05) is 21.1 Å². The van der Waals surface area contributed by atoms with Gasteiger partial charge in [-0.2, -0.15) is 0 Å². The monoisotopic (exact) mass is 1480 g/mol. The number of hydrogen-bond donors (Lipinski definition) is 0. The molecule has 0 aromatic carbocycles. The lowest BCUT2D eigenvalue weighted by Crippen LogP contribution is -2.37. The molecule has 0 aromatic heterocycles. The lowest BCUT2D eigenvalue weighted by molar-refractivity contribution is -0.870. The number of phosphoric ester groups is 1. The molecule has 0 rings (SSSR count). The summed E-state index contributed by atoms with van der Waals surface area (Å²) in [7, 11) is 1.20. The van der Waals surface area contributed by atoms with Crippen molar-refractivity contribution in [3.05, 3.63) is 36.5 Å². The van der Waals surface area contributed by atoms with Crippen molar-refractivity contribution < 1.29 is 42.1 Å². The first-order valence-corrected chi connectivity index (χ1v) is 48.2. The first-order valence-electron chi connectivity index (χ1n) is 46.7. The van der Waals surface area contributed by atoms with E-state index in [1.165, 1.54) is 424 Å². The average molecular weight is 1490 g/mol. The van der Waals surface area contributed by atoms with Crippen molar-refractivity contribution in [3.8, 4) is 0 Å². The van der Waals surface area contributed by atoms with Gasteiger partial charge in [-0.3, -0.25) is 14.2 Å². The molecule has 616 valence electrons. The number of rotatable bonds is 89. The highest BCUT2D eigenvalue weighted by atomic mass is 31.2. The summed E-state index contributed by atoms with van der Waals surface area (Å²) >= 11 is 0. The smallest absolute Gasteiger partial charge is 0.306 e. The van der Waals surface area contributed by atoms with Crippen molar-refractivity contribution in [2.24, 2.45) is 0 Å². The highest BCUT2D eigenvalue weighted by Crippen LogP contribution is 2.38. The molecule has 104 heavy (non-hydrogen) atoms. The van der Waals surface area contributed by atoms with Crippen LogP contribution < -0.4 is 4.89 Å². The van der Waals surface area contributed by atoms with Crippen molar-refractivity contribution in [1.29, 1.82) is 0 Å².